The number of halogens is 1. The van der Waals surface area contributed by atoms with Crippen LogP contribution in [0.25, 0.3) is 0 Å². The molecule has 1 fully saturated rings. The van der Waals surface area contributed by atoms with Crippen LogP contribution in [0.1, 0.15) is 24.1 Å². The number of piperidine rings is 1. The van der Waals surface area contributed by atoms with Gasteiger partial charge in [0.1, 0.15) is 17.6 Å². The Kier molecular flexibility index (Phi) is 5.22. The summed E-state index contributed by atoms with van der Waals surface area (Å²) < 4.78 is 5.30. The highest BCUT2D eigenvalue weighted by Crippen LogP contribution is 2.27. The van der Waals surface area contributed by atoms with E-state index in [1.54, 1.807) is 13.2 Å². The highest BCUT2D eigenvalue weighted by Gasteiger charge is 2.21. The van der Waals surface area contributed by atoms with E-state index < -0.39 is 0 Å². The number of ether oxygens (including phenoxy) is 1. The van der Waals surface area contributed by atoms with Crippen LogP contribution in [-0.4, -0.2) is 25.2 Å². The van der Waals surface area contributed by atoms with Crippen LogP contribution >= 0.6 is 11.6 Å². The number of rotatable bonds is 4. The topological polar surface area (TPSA) is 49.1 Å². The van der Waals surface area contributed by atoms with Crippen molar-refractivity contribution in [3.63, 3.8) is 0 Å². The summed E-state index contributed by atoms with van der Waals surface area (Å²) in [4.78, 5) is 6.60. The molecule has 1 saturated heterocycles. The first-order chi connectivity index (χ1) is 11.7. The molecule has 0 radical (unpaired) electrons. The Balaban J connectivity index is 1.60. The van der Waals surface area contributed by atoms with Crippen molar-refractivity contribution in [1.29, 1.82) is 5.26 Å². The van der Waals surface area contributed by atoms with E-state index in [0.29, 0.717) is 16.6 Å². The van der Waals surface area contributed by atoms with Crippen LogP contribution in [0, 0.1) is 17.2 Å². The van der Waals surface area contributed by atoms with Gasteiger partial charge >= 0.3 is 0 Å². The number of hydrogen-bond donors (Lipinski definition) is 0. The molecule has 24 heavy (non-hydrogen) atoms. The standard InChI is InChI=1S/C19H20ClN3O/c1-24-16-4-2-3-15(12-16)11-14-7-9-23(10-8-14)19-6-5-17(20)18(13-21)22-19/h2-6,12,14H,7-11H2,1H3. The molecule has 124 valence electrons. The van der Waals surface area contributed by atoms with E-state index in [1.165, 1.54) is 5.56 Å². The van der Waals surface area contributed by atoms with Crippen LogP contribution in [0.5, 0.6) is 5.75 Å². The summed E-state index contributed by atoms with van der Waals surface area (Å²) >= 11 is 5.96. The molecule has 3 rings (SSSR count). The smallest absolute Gasteiger partial charge is 0.161 e. The minimum atomic E-state index is 0.299. The Morgan fingerprint density at radius 3 is 2.79 bits per heavy atom. The van der Waals surface area contributed by atoms with Gasteiger partial charge in [0.25, 0.3) is 0 Å². The van der Waals surface area contributed by atoms with Crippen molar-refractivity contribution in [2.75, 3.05) is 25.1 Å². The maximum absolute atomic E-state index is 9.06. The number of anilines is 1. The molecule has 0 spiro atoms. The molecular formula is C19H20ClN3O. The third kappa shape index (κ3) is 3.80. The van der Waals surface area contributed by atoms with E-state index in [9.17, 15) is 0 Å². The van der Waals surface area contributed by atoms with Crippen LogP contribution in [0.4, 0.5) is 5.82 Å². The van der Waals surface area contributed by atoms with Crippen molar-refractivity contribution in [3.05, 3.63) is 52.7 Å². The third-order valence-electron chi connectivity index (χ3n) is 4.53. The molecule has 4 nitrogen and oxygen atoms in total. The molecule has 0 unspecified atom stereocenters. The molecule has 5 heteroatoms. The van der Waals surface area contributed by atoms with Crippen LogP contribution in [-0.2, 0) is 6.42 Å². The van der Waals surface area contributed by atoms with Gasteiger partial charge in [0.15, 0.2) is 5.69 Å². The normalized spacial score (nSPS) is 15.1. The number of hydrogen-bond acceptors (Lipinski definition) is 4. The predicted molar refractivity (Wildman–Crippen MR) is 95.6 cm³/mol. The summed E-state index contributed by atoms with van der Waals surface area (Å²) in [6.45, 7) is 1.91. The number of aromatic nitrogens is 1. The zero-order chi connectivity index (χ0) is 16.9. The number of nitriles is 1. The maximum atomic E-state index is 9.06. The van der Waals surface area contributed by atoms with Crippen molar-refractivity contribution in [2.45, 2.75) is 19.3 Å². The third-order valence-corrected chi connectivity index (χ3v) is 4.84. The van der Waals surface area contributed by atoms with Crippen molar-refractivity contribution < 1.29 is 4.74 Å². The lowest BCUT2D eigenvalue weighted by molar-refractivity contribution is 0.397. The van der Waals surface area contributed by atoms with Gasteiger partial charge in [0.2, 0.25) is 0 Å². The maximum Gasteiger partial charge on any atom is 0.161 e. The summed E-state index contributed by atoms with van der Waals surface area (Å²) in [5, 5.41) is 9.48. The average molecular weight is 342 g/mol. The monoisotopic (exact) mass is 341 g/mol. The molecular weight excluding hydrogens is 322 g/mol. The summed E-state index contributed by atoms with van der Waals surface area (Å²) in [5.74, 6) is 2.42. The number of methoxy groups -OCH3 is 1. The van der Waals surface area contributed by atoms with Gasteiger partial charge in [-0.1, -0.05) is 23.7 Å². The second-order valence-electron chi connectivity index (χ2n) is 6.10. The summed E-state index contributed by atoms with van der Waals surface area (Å²) in [6.07, 6.45) is 3.30. The lowest BCUT2D eigenvalue weighted by Crippen LogP contribution is -2.34. The Hall–Kier alpha value is -2.25. The second kappa shape index (κ2) is 7.55. The predicted octanol–water partition coefficient (Wildman–Crippen LogP) is 4.07. The molecule has 1 aromatic carbocycles. The molecule has 1 aliphatic rings. The Morgan fingerprint density at radius 2 is 2.08 bits per heavy atom. The fourth-order valence-corrected chi connectivity index (χ4v) is 3.33. The molecule has 0 amide bonds. The zero-order valence-corrected chi connectivity index (χ0v) is 14.5. The van der Waals surface area contributed by atoms with E-state index in [2.05, 4.69) is 22.0 Å². The van der Waals surface area contributed by atoms with Gasteiger partial charge in [0, 0.05) is 13.1 Å². The highest BCUT2D eigenvalue weighted by atomic mass is 35.5. The minimum absolute atomic E-state index is 0.299. The first kappa shape index (κ1) is 16.6. The first-order valence-electron chi connectivity index (χ1n) is 8.14. The van der Waals surface area contributed by atoms with E-state index in [1.807, 2.05) is 24.3 Å². The minimum Gasteiger partial charge on any atom is -0.497 e. The number of nitrogens with zero attached hydrogens (tertiary/aromatic N) is 3. The van der Waals surface area contributed by atoms with Crippen molar-refractivity contribution in [1.82, 2.24) is 4.98 Å². The van der Waals surface area contributed by atoms with Gasteiger partial charge in [-0.25, -0.2) is 4.98 Å². The second-order valence-corrected chi connectivity index (χ2v) is 6.50. The summed E-state index contributed by atoms with van der Waals surface area (Å²) in [5.41, 5.74) is 1.62. The molecule has 0 aliphatic carbocycles. The summed E-state index contributed by atoms with van der Waals surface area (Å²) in [6, 6.07) is 14.0. The van der Waals surface area contributed by atoms with Crippen molar-refractivity contribution >= 4 is 17.4 Å². The van der Waals surface area contributed by atoms with E-state index >= 15 is 0 Å². The highest BCUT2D eigenvalue weighted by molar-refractivity contribution is 6.31. The molecule has 0 atom stereocenters. The van der Waals surface area contributed by atoms with E-state index in [4.69, 9.17) is 21.6 Å². The van der Waals surface area contributed by atoms with Gasteiger partial charge in [-0.15, -0.1) is 0 Å². The van der Waals surface area contributed by atoms with Gasteiger partial charge in [-0.3, -0.25) is 0 Å². The van der Waals surface area contributed by atoms with Crippen LogP contribution < -0.4 is 9.64 Å². The lowest BCUT2D eigenvalue weighted by Gasteiger charge is -2.33. The summed E-state index contributed by atoms with van der Waals surface area (Å²) in [7, 11) is 1.70. The molecule has 0 saturated carbocycles. The first-order valence-corrected chi connectivity index (χ1v) is 8.52. The average Bonchev–Trinajstić information content (AvgIpc) is 2.63. The molecule has 2 aromatic rings. The fraction of sp³-hybridized carbons (Fsp3) is 0.368. The van der Waals surface area contributed by atoms with Crippen LogP contribution in [0.2, 0.25) is 5.02 Å². The number of benzene rings is 1. The Labute approximate surface area is 147 Å². The zero-order valence-electron chi connectivity index (χ0n) is 13.7. The Morgan fingerprint density at radius 1 is 1.29 bits per heavy atom. The largest absolute Gasteiger partial charge is 0.497 e. The van der Waals surface area contributed by atoms with E-state index in [0.717, 1.165) is 43.9 Å². The van der Waals surface area contributed by atoms with Crippen molar-refractivity contribution in [2.24, 2.45) is 5.92 Å². The van der Waals surface area contributed by atoms with Gasteiger partial charge in [0.05, 0.1) is 12.1 Å². The Bertz CT molecular complexity index is 749. The van der Waals surface area contributed by atoms with Crippen LogP contribution in [0.15, 0.2) is 36.4 Å². The SMILES string of the molecule is COc1cccc(CC2CCN(c3ccc(Cl)c(C#N)n3)CC2)c1. The molecule has 0 bridgehead atoms. The van der Waals surface area contributed by atoms with Crippen LogP contribution in [0.3, 0.4) is 0 Å². The van der Waals surface area contributed by atoms with Gasteiger partial charge in [-0.05, 0) is 55.0 Å². The molecule has 1 aliphatic heterocycles. The number of pyridine rings is 1. The lowest BCUT2D eigenvalue weighted by atomic mass is 9.90. The van der Waals surface area contributed by atoms with Gasteiger partial charge < -0.3 is 9.64 Å². The quantitative estimate of drug-likeness (QED) is 0.841. The molecule has 0 N–H and O–H groups in total. The van der Waals surface area contributed by atoms with Gasteiger partial charge in [-0.2, -0.15) is 5.26 Å². The van der Waals surface area contributed by atoms with Crippen molar-refractivity contribution in [3.8, 4) is 11.8 Å². The molecule has 2 heterocycles. The van der Waals surface area contributed by atoms with E-state index in [-0.39, 0.29) is 0 Å². The molecule has 1 aromatic heterocycles. The fourth-order valence-electron chi connectivity index (χ4n) is 3.19.